The van der Waals surface area contributed by atoms with Crippen LogP contribution in [0.25, 0.3) is 11.0 Å². The van der Waals surface area contributed by atoms with E-state index in [4.69, 9.17) is 4.42 Å². The van der Waals surface area contributed by atoms with Gasteiger partial charge >= 0.3 is 0 Å². The monoisotopic (exact) mass is 191 g/mol. The van der Waals surface area contributed by atoms with Gasteiger partial charge in [-0.05, 0) is 6.07 Å². The van der Waals surface area contributed by atoms with E-state index >= 15 is 0 Å². The topological polar surface area (TPSA) is 73.5 Å². The lowest BCUT2D eigenvalue weighted by atomic mass is 10.1. The molecule has 0 aliphatic heterocycles. The highest BCUT2D eigenvalue weighted by Crippen LogP contribution is 2.28. The summed E-state index contributed by atoms with van der Waals surface area (Å²) >= 11 is 0. The fraction of sp³-hybridized carbons (Fsp3) is 0.100. The Labute approximate surface area is 79.4 Å². The summed E-state index contributed by atoms with van der Waals surface area (Å²) in [4.78, 5) is 10.4. The Hall–Kier alpha value is -1.97. The van der Waals surface area contributed by atoms with E-state index in [1.54, 1.807) is 12.1 Å². The van der Waals surface area contributed by atoms with E-state index in [-0.39, 0.29) is 12.2 Å². The molecule has 4 heteroatoms. The number of rotatable bonds is 2. The van der Waals surface area contributed by atoms with Crippen LogP contribution in [0.1, 0.15) is 5.56 Å². The zero-order valence-corrected chi connectivity index (χ0v) is 7.19. The van der Waals surface area contributed by atoms with Crippen LogP contribution in [0.2, 0.25) is 0 Å². The molecule has 1 aromatic carbocycles. The van der Waals surface area contributed by atoms with Crippen LogP contribution < -0.4 is 5.11 Å². The Bertz CT molecular complexity index is 484. The van der Waals surface area contributed by atoms with Gasteiger partial charge in [-0.15, -0.1) is 0 Å². The number of phenols is 1. The summed E-state index contributed by atoms with van der Waals surface area (Å²) in [6, 6.07) is 4.80. The molecule has 0 amide bonds. The molecular weight excluding hydrogens is 184 g/mol. The van der Waals surface area contributed by atoms with Crippen molar-refractivity contribution >= 4 is 16.9 Å². The first-order valence-electron chi connectivity index (χ1n) is 4.06. The average molecular weight is 191 g/mol. The Kier molecular flexibility index (Phi) is 1.89. The van der Waals surface area contributed by atoms with E-state index < -0.39 is 5.97 Å². The number of aromatic hydroxyl groups is 1. The van der Waals surface area contributed by atoms with E-state index in [0.29, 0.717) is 16.5 Å². The molecule has 2 aromatic rings. The Morgan fingerprint density at radius 2 is 2.29 bits per heavy atom. The molecule has 0 aliphatic carbocycles. The number of carboxylic acid groups (broad SMARTS) is 1. The number of furan rings is 1. The first kappa shape index (κ1) is 8.62. The lowest BCUT2D eigenvalue weighted by Crippen LogP contribution is -2.24. The van der Waals surface area contributed by atoms with E-state index in [2.05, 4.69) is 0 Å². The first-order valence-corrected chi connectivity index (χ1v) is 4.06. The molecule has 4 nitrogen and oxygen atoms in total. The minimum Gasteiger partial charge on any atom is -0.550 e. The number of para-hydroxylation sites is 1. The molecule has 0 saturated carbocycles. The third kappa shape index (κ3) is 1.31. The summed E-state index contributed by atoms with van der Waals surface area (Å²) in [5, 5.41) is 20.3. The second kappa shape index (κ2) is 3.06. The highest BCUT2D eigenvalue weighted by Gasteiger charge is 2.08. The van der Waals surface area contributed by atoms with Gasteiger partial charge in [-0.25, -0.2) is 0 Å². The van der Waals surface area contributed by atoms with Crippen LogP contribution in [-0.2, 0) is 11.2 Å². The van der Waals surface area contributed by atoms with Gasteiger partial charge in [0.05, 0.1) is 6.26 Å². The molecule has 0 unspecified atom stereocenters. The van der Waals surface area contributed by atoms with Gasteiger partial charge in [0.25, 0.3) is 0 Å². The highest BCUT2D eigenvalue weighted by atomic mass is 16.4. The average Bonchev–Trinajstić information content (AvgIpc) is 2.49. The predicted octanol–water partition coefficient (Wildman–Crippen LogP) is 0.431. The van der Waals surface area contributed by atoms with Gasteiger partial charge in [0.1, 0.15) is 0 Å². The summed E-state index contributed by atoms with van der Waals surface area (Å²) < 4.78 is 5.04. The van der Waals surface area contributed by atoms with Crippen LogP contribution in [-0.4, -0.2) is 11.1 Å². The molecule has 0 spiro atoms. The van der Waals surface area contributed by atoms with Crippen LogP contribution in [0.5, 0.6) is 5.75 Å². The smallest absolute Gasteiger partial charge is 0.175 e. The number of aliphatic carboxylic acids is 1. The van der Waals surface area contributed by atoms with Crippen molar-refractivity contribution in [1.29, 1.82) is 0 Å². The van der Waals surface area contributed by atoms with Crippen LogP contribution in [0.4, 0.5) is 0 Å². The Morgan fingerprint density at radius 1 is 1.50 bits per heavy atom. The number of hydrogen-bond donors (Lipinski definition) is 1. The SMILES string of the molecule is O=C([O-])Cc1coc2c(O)cccc12. The fourth-order valence-corrected chi connectivity index (χ4v) is 1.39. The van der Waals surface area contributed by atoms with Crippen LogP contribution in [0, 0.1) is 0 Å². The summed E-state index contributed by atoms with van der Waals surface area (Å²) in [6.45, 7) is 0. The van der Waals surface area contributed by atoms with Gasteiger partial charge in [0, 0.05) is 23.3 Å². The largest absolute Gasteiger partial charge is 0.550 e. The van der Waals surface area contributed by atoms with Crippen molar-refractivity contribution in [3.63, 3.8) is 0 Å². The lowest BCUT2D eigenvalue weighted by Gasteiger charge is -1.98. The second-order valence-electron chi connectivity index (χ2n) is 2.96. The standard InChI is InChI=1S/C10H8O4/c11-8-3-1-2-7-6(4-9(12)13)5-14-10(7)8/h1-3,5,11H,4H2,(H,12,13)/p-1. The highest BCUT2D eigenvalue weighted by molar-refractivity contribution is 5.88. The number of phenolic OH excluding ortho intramolecular Hbond substituents is 1. The van der Waals surface area contributed by atoms with Gasteiger partial charge in [0.15, 0.2) is 11.3 Å². The fourth-order valence-electron chi connectivity index (χ4n) is 1.39. The van der Waals surface area contributed by atoms with Gasteiger partial charge in [-0.1, -0.05) is 12.1 Å². The van der Waals surface area contributed by atoms with Crippen molar-refractivity contribution in [2.75, 3.05) is 0 Å². The summed E-state index contributed by atoms with van der Waals surface area (Å²) in [5.74, 6) is -1.16. The maximum absolute atomic E-state index is 10.4. The maximum Gasteiger partial charge on any atom is 0.175 e. The Morgan fingerprint density at radius 3 is 3.00 bits per heavy atom. The molecule has 1 heterocycles. The van der Waals surface area contributed by atoms with E-state index in [9.17, 15) is 15.0 Å². The van der Waals surface area contributed by atoms with E-state index in [1.165, 1.54) is 12.3 Å². The number of carbonyl (C=O) groups excluding carboxylic acids is 1. The van der Waals surface area contributed by atoms with Crippen molar-refractivity contribution in [3.05, 3.63) is 30.0 Å². The van der Waals surface area contributed by atoms with Gasteiger partial charge in [-0.3, -0.25) is 0 Å². The van der Waals surface area contributed by atoms with Crippen molar-refractivity contribution in [2.24, 2.45) is 0 Å². The van der Waals surface area contributed by atoms with Crippen LogP contribution in [0.15, 0.2) is 28.9 Å². The molecule has 72 valence electrons. The number of fused-ring (bicyclic) bond motifs is 1. The third-order valence-electron chi connectivity index (χ3n) is 1.99. The predicted molar refractivity (Wildman–Crippen MR) is 46.6 cm³/mol. The first-order chi connectivity index (χ1) is 6.68. The normalized spacial score (nSPS) is 10.6. The van der Waals surface area contributed by atoms with Gasteiger partial charge in [-0.2, -0.15) is 0 Å². The number of hydrogen-bond acceptors (Lipinski definition) is 4. The molecule has 0 fully saturated rings. The quantitative estimate of drug-likeness (QED) is 0.747. The summed E-state index contributed by atoms with van der Waals surface area (Å²) in [7, 11) is 0. The molecule has 0 saturated heterocycles. The molecule has 0 atom stereocenters. The summed E-state index contributed by atoms with van der Waals surface area (Å²) in [6.07, 6.45) is 1.11. The zero-order valence-electron chi connectivity index (χ0n) is 7.19. The second-order valence-corrected chi connectivity index (χ2v) is 2.96. The van der Waals surface area contributed by atoms with E-state index in [1.807, 2.05) is 0 Å². The van der Waals surface area contributed by atoms with Crippen molar-refractivity contribution in [2.45, 2.75) is 6.42 Å². The maximum atomic E-state index is 10.4. The third-order valence-corrected chi connectivity index (χ3v) is 1.99. The molecule has 0 aliphatic rings. The summed E-state index contributed by atoms with van der Waals surface area (Å²) in [5.41, 5.74) is 0.819. The van der Waals surface area contributed by atoms with Gasteiger partial charge in [0.2, 0.25) is 0 Å². The number of benzene rings is 1. The number of carboxylic acids is 1. The Balaban J connectivity index is 2.58. The minimum atomic E-state index is -1.17. The zero-order chi connectivity index (χ0) is 10.1. The molecule has 14 heavy (non-hydrogen) atoms. The van der Waals surface area contributed by atoms with Crippen LogP contribution >= 0.6 is 0 Å². The molecular formula is C10H7O4-. The van der Waals surface area contributed by atoms with Crippen LogP contribution in [0.3, 0.4) is 0 Å². The van der Waals surface area contributed by atoms with Crippen molar-refractivity contribution < 1.29 is 19.4 Å². The van der Waals surface area contributed by atoms with Gasteiger partial charge < -0.3 is 19.4 Å². The molecule has 1 aromatic heterocycles. The van der Waals surface area contributed by atoms with Crippen molar-refractivity contribution in [3.8, 4) is 5.75 Å². The van der Waals surface area contributed by atoms with E-state index in [0.717, 1.165) is 0 Å². The molecule has 0 bridgehead atoms. The number of carbonyl (C=O) groups is 1. The minimum absolute atomic E-state index is 0.00657. The van der Waals surface area contributed by atoms with Crippen molar-refractivity contribution in [1.82, 2.24) is 0 Å². The lowest BCUT2D eigenvalue weighted by molar-refractivity contribution is -0.304. The molecule has 2 rings (SSSR count). The molecule has 0 radical (unpaired) electrons. The molecule has 1 N–H and O–H groups in total.